The molecule has 0 saturated carbocycles. The lowest BCUT2D eigenvalue weighted by molar-refractivity contribution is 0.623. The Morgan fingerprint density at radius 3 is 2.55 bits per heavy atom. The Morgan fingerprint density at radius 2 is 1.95 bits per heavy atom. The van der Waals surface area contributed by atoms with Gasteiger partial charge in [0.1, 0.15) is 5.82 Å². The molecule has 0 bridgehead atoms. The molecule has 1 heterocycles. The first-order chi connectivity index (χ1) is 10.1. The van der Waals surface area contributed by atoms with E-state index < -0.39 is 0 Å². The van der Waals surface area contributed by atoms with Crippen LogP contribution in [0.15, 0.2) is 39.8 Å². The number of aryl methyl sites for hydroxylation is 1. The van der Waals surface area contributed by atoms with Crippen molar-refractivity contribution in [3.63, 3.8) is 0 Å². The van der Waals surface area contributed by atoms with Crippen LogP contribution in [0, 0.1) is 12.7 Å². The van der Waals surface area contributed by atoms with Gasteiger partial charge < -0.3 is 10.6 Å². The van der Waals surface area contributed by atoms with Crippen LogP contribution in [-0.2, 0) is 13.1 Å². The molecule has 3 nitrogen and oxygen atoms in total. The molecule has 0 radical (unpaired) electrons. The number of guanidine groups is 1. The van der Waals surface area contributed by atoms with Gasteiger partial charge in [-0.3, -0.25) is 4.99 Å². The van der Waals surface area contributed by atoms with E-state index in [-0.39, 0.29) is 29.8 Å². The summed E-state index contributed by atoms with van der Waals surface area (Å²) in [6.07, 6.45) is 0. The summed E-state index contributed by atoms with van der Waals surface area (Å²) >= 11 is 5.05. The second kappa shape index (κ2) is 9.46. The van der Waals surface area contributed by atoms with E-state index in [0.717, 1.165) is 16.6 Å². The van der Waals surface area contributed by atoms with Crippen molar-refractivity contribution >= 4 is 57.2 Å². The molecular formula is C15H18BrFIN3S. The van der Waals surface area contributed by atoms with Gasteiger partial charge in [0.2, 0.25) is 0 Å². The van der Waals surface area contributed by atoms with Crippen LogP contribution >= 0.6 is 51.2 Å². The van der Waals surface area contributed by atoms with Crippen LogP contribution in [0.5, 0.6) is 0 Å². The summed E-state index contributed by atoms with van der Waals surface area (Å²) in [5.74, 6) is 0.444. The van der Waals surface area contributed by atoms with Crippen LogP contribution in [-0.4, -0.2) is 13.0 Å². The Hall–Kier alpha value is -0.670. The minimum absolute atomic E-state index is 0. The van der Waals surface area contributed by atoms with E-state index in [4.69, 9.17) is 0 Å². The summed E-state index contributed by atoms with van der Waals surface area (Å²) in [6.45, 7) is 3.33. The van der Waals surface area contributed by atoms with Gasteiger partial charge in [-0.2, -0.15) is 0 Å². The predicted octanol–water partition coefficient (Wildman–Crippen LogP) is 4.44. The Bertz CT molecular complexity index is 625. The lowest BCUT2D eigenvalue weighted by atomic mass is 10.2. The highest BCUT2D eigenvalue weighted by atomic mass is 127. The lowest BCUT2D eigenvalue weighted by Crippen LogP contribution is -2.36. The van der Waals surface area contributed by atoms with Crippen molar-refractivity contribution in [2.75, 3.05) is 7.05 Å². The second-order valence-corrected chi connectivity index (χ2v) is 6.86. The number of thiophene rings is 1. The average molecular weight is 498 g/mol. The first-order valence-corrected chi connectivity index (χ1v) is 8.12. The molecule has 0 atom stereocenters. The number of hydrogen-bond donors (Lipinski definition) is 2. The third kappa shape index (κ3) is 6.21. The van der Waals surface area contributed by atoms with E-state index in [0.29, 0.717) is 12.5 Å². The summed E-state index contributed by atoms with van der Waals surface area (Å²) in [5, 5.41) is 6.42. The number of nitrogens with one attached hydrogen (secondary N) is 2. The Labute approximate surface area is 159 Å². The molecule has 0 spiro atoms. The van der Waals surface area contributed by atoms with E-state index in [9.17, 15) is 4.39 Å². The number of aliphatic imine (C=N–C) groups is 1. The number of halogens is 3. The van der Waals surface area contributed by atoms with Crippen LogP contribution in [0.25, 0.3) is 0 Å². The van der Waals surface area contributed by atoms with Crippen molar-refractivity contribution < 1.29 is 4.39 Å². The van der Waals surface area contributed by atoms with Crippen molar-refractivity contribution in [2.24, 2.45) is 4.99 Å². The van der Waals surface area contributed by atoms with Gasteiger partial charge in [-0.15, -0.1) is 35.3 Å². The topological polar surface area (TPSA) is 36.4 Å². The standard InChI is InChI=1S/C15H17BrFN3S.HI/c1-10-3-4-14(21-10)9-20-15(18-2)19-8-11-5-12(16)7-13(17)6-11;/h3-7H,8-9H2,1-2H3,(H2,18,19,20);1H. The van der Waals surface area contributed by atoms with Crippen LogP contribution in [0.2, 0.25) is 0 Å². The first-order valence-electron chi connectivity index (χ1n) is 6.51. The number of rotatable bonds is 4. The third-order valence-electron chi connectivity index (χ3n) is 2.83. The van der Waals surface area contributed by atoms with E-state index >= 15 is 0 Å². The maximum atomic E-state index is 13.3. The van der Waals surface area contributed by atoms with E-state index in [2.05, 4.69) is 50.6 Å². The summed E-state index contributed by atoms with van der Waals surface area (Å²) in [4.78, 5) is 6.71. The van der Waals surface area contributed by atoms with Gasteiger partial charge in [-0.25, -0.2) is 4.39 Å². The molecule has 0 aliphatic rings. The quantitative estimate of drug-likeness (QED) is 0.372. The fraction of sp³-hybridized carbons (Fsp3) is 0.267. The van der Waals surface area contributed by atoms with E-state index in [1.165, 1.54) is 21.9 Å². The van der Waals surface area contributed by atoms with Crippen LogP contribution in [0.1, 0.15) is 15.3 Å². The van der Waals surface area contributed by atoms with Crippen molar-refractivity contribution in [1.29, 1.82) is 0 Å². The number of hydrogen-bond acceptors (Lipinski definition) is 2. The van der Waals surface area contributed by atoms with Gasteiger partial charge in [-0.05, 0) is 42.8 Å². The molecule has 0 amide bonds. The van der Waals surface area contributed by atoms with Gasteiger partial charge in [0.05, 0.1) is 6.54 Å². The SMILES string of the molecule is CN=C(NCc1cc(F)cc(Br)c1)NCc1ccc(C)s1.I. The fourth-order valence-corrected chi connectivity index (χ4v) is 3.21. The Morgan fingerprint density at radius 1 is 1.23 bits per heavy atom. The summed E-state index contributed by atoms with van der Waals surface area (Å²) < 4.78 is 14.0. The molecule has 0 aliphatic carbocycles. The zero-order chi connectivity index (χ0) is 15.2. The van der Waals surface area contributed by atoms with E-state index in [1.807, 2.05) is 6.07 Å². The minimum atomic E-state index is -0.252. The molecule has 22 heavy (non-hydrogen) atoms. The van der Waals surface area contributed by atoms with Gasteiger partial charge in [0.25, 0.3) is 0 Å². The van der Waals surface area contributed by atoms with Gasteiger partial charge >= 0.3 is 0 Å². The molecular weight excluding hydrogens is 480 g/mol. The Balaban J connectivity index is 0.00000242. The van der Waals surface area contributed by atoms with Crippen LogP contribution in [0.4, 0.5) is 4.39 Å². The molecule has 2 N–H and O–H groups in total. The molecule has 7 heteroatoms. The normalized spacial score (nSPS) is 11.0. The van der Waals surface area contributed by atoms with Crippen LogP contribution in [0.3, 0.4) is 0 Å². The fourth-order valence-electron chi connectivity index (χ4n) is 1.87. The predicted molar refractivity (Wildman–Crippen MR) is 106 cm³/mol. The molecule has 1 aromatic heterocycles. The van der Waals surface area contributed by atoms with Crippen molar-refractivity contribution in [3.8, 4) is 0 Å². The molecule has 1 aromatic carbocycles. The van der Waals surface area contributed by atoms with E-state index in [1.54, 1.807) is 18.4 Å². The first kappa shape index (κ1) is 19.4. The highest BCUT2D eigenvalue weighted by Gasteiger charge is 2.03. The second-order valence-electron chi connectivity index (χ2n) is 4.57. The van der Waals surface area contributed by atoms with Crippen LogP contribution < -0.4 is 10.6 Å². The largest absolute Gasteiger partial charge is 0.352 e. The zero-order valence-corrected chi connectivity index (χ0v) is 17.1. The highest BCUT2D eigenvalue weighted by molar-refractivity contribution is 14.0. The third-order valence-corrected chi connectivity index (χ3v) is 4.29. The van der Waals surface area contributed by atoms with Crippen molar-refractivity contribution in [3.05, 3.63) is 55.9 Å². The van der Waals surface area contributed by atoms with Crippen molar-refractivity contribution in [2.45, 2.75) is 20.0 Å². The zero-order valence-electron chi connectivity index (χ0n) is 12.3. The average Bonchev–Trinajstić information content (AvgIpc) is 2.83. The molecule has 0 saturated heterocycles. The smallest absolute Gasteiger partial charge is 0.191 e. The highest BCUT2D eigenvalue weighted by Crippen LogP contribution is 2.15. The molecule has 0 aliphatic heterocycles. The van der Waals surface area contributed by atoms with Gasteiger partial charge in [0, 0.05) is 27.8 Å². The monoisotopic (exact) mass is 497 g/mol. The molecule has 2 aromatic rings. The Kier molecular flexibility index (Phi) is 8.34. The van der Waals surface area contributed by atoms with Crippen molar-refractivity contribution in [1.82, 2.24) is 10.6 Å². The maximum absolute atomic E-state index is 13.3. The molecule has 0 unspecified atom stereocenters. The molecule has 120 valence electrons. The molecule has 0 fully saturated rings. The summed E-state index contributed by atoms with van der Waals surface area (Å²) in [7, 11) is 1.72. The maximum Gasteiger partial charge on any atom is 0.191 e. The summed E-state index contributed by atoms with van der Waals surface area (Å²) in [5.41, 5.74) is 0.858. The number of benzene rings is 1. The number of nitrogens with zero attached hydrogens (tertiary/aromatic N) is 1. The summed E-state index contributed by atoms with van der Waals surface area (Å²) in [6, 6.07) is 9.03. The van der Waals surface area contributed by atoms with Gasteiger partial charge in [-0.1, -0.05) is 15.9 Å². The minimum Gasteiger partial charge on any atom is -0.352 e. The lowest BCUT2D eigenvalue weighted by Gasteiger charge is -2.11. The van der Waals surface area contributed by atoms with Gasteiger partial charge in [0.15, 0.2) is 5.96 Å². The molecule has 2 rings (SSSR count).